The van der Waals surface area contributed by atoms with Crippen LogP contribution in [0.1, 0.15) is 50.5 Å². The van der Waals surface area contributed by atoms with Crippen LogP contribution in [0.5, 0.6) is 0 Å². The lowest BCUT2D eigenvalue weighted by molar-refractivity contribution is -0.146. The van der Waals surface area contributed by atoms with Crippen LogP contribution in [0.3, 0.4) is 0 Å². The molecule has 2 aliphatic heterocycles. The van der Waals surface area contributed by atoms with Gasteiger partial charge in [0, 0.05) is 38.1 Å². The zero-order valence-electron chi connectivity index (χ0n) is 13.9. The smallest absolute Gasteiger partial charge is 0.230 e. The maximum absolute atomic E-state index is 13.2. The number of hydrogen-bond donors (Lipinski definition) is 0. The fraction of sp³-hybridized carbons (Fsp3) is 0.684. The van der Waals surface area contributed by atoms with Gasteiger partial charge in [0.1, 0.15) is 0 Å². The summed E-state index contributed by atoms with van der Waals surface area (Å²) in [6, 6.07) is 4.77. The molecule has 1 saturated carbocycles. The minimum atomic E-state index is -0.0942. The fourth-order valence-electron chi connectivity index (χ4n) is 4.88. The largest absolute Gasteiger partial charge is 0.338 e. The van der Waals surface area contributed by atoms with E-state index >= 15 is 0 Å². The van der Waals surface area contributed by atoms with Crippen molar-refractivity contribution in [1.29, 1.82) is 0 Å². The first kappa shape index (κ1) is 15.1. The molecule has 0 aromatic carbocycles. The van der Waals surface area contributed by atoms with Crippen LogP contribution < -0.4 is 0 Å². The van der Waals surface area contributed by atoms with Gasteiger partial charge in [0.15, 0.2) is 0 Å². The molecule has 2 saturated heterocycles. The number of carbonyl (C=O) groups excluding carboxylic acids is 1. The van der Waals surface area contributed by atoms with Crippen molar-refractivity contribution < 1.29 is 4.79 Å². The Hall–Kier alpha value is -1.42. The summed E-state index contributed by atoms with van der Waals surface area (Å²) in [5.74, 6) is 0.396. The summed E-state index contributed by atoms with van der Waals surface area (Å²) >= 11 is 0. The zero-order valence-corrected chi connectivity index (χ0v) is 13.9. The number of nitrogens with zero attached hydrogens (tertiary/aromatic N) is 3. The summed E-state index contributed by atoms with van der Waals surface area (Å²) in [6.07, 6.45) is 12.4. The molecule has 4 heteroatoms. The molecule has 1 aromatic rings. The monoisotopic (exact) mass is 313 g/mol. The second-order valence-corrected chi connectivity index (χ2v) is 7.63. The van der Waals surface area contributed by atoms with Crippen molar-refractivity contribution >= 4 is 5.91 Å². The molecular formula is C19H27N3O. The molecule has 1 atom stereocenters. The number of rotatable bonds is 3. The van der Waals surface area contributed by atoms with Crippen molar-refractivity contribution in [2.45, 2.75) is 57.5 Å². The van der Waals surface area contributed by atoms with Crippen LogP contribution in [0.4, 0.5) is 0 Å². The van der Waals surface area contributed by atoms with E-state index in [9.17, 15) is 4.79 Å². The number of hydrogen-bond acceptors (Lipinski definition) is 3. The number of carbonyl (C=O) groups is 1. The molecule has 3 aliphatic rings. The quantitative estimate of drug-likeness (QED) is 0.861. The van der Waals surface area contributed by atoms with Crippen LogP contribution in [0, 0.1) is 5.41 Å². The molecule has 1 aromatic heterocycles. The van der Waals surface area contributed by atoms with Gasteiger partial charge in [-0.25, -0.2) is 0 Å². The molecule has 1 amide bonds. The number of likely N-dealkylation sites (tertiary alicyclic amines) is 2. The molecule has 1 aliphatic carbocycles. The third-order valence-electron chi connectivity index (χ3n) is 6.14. The van der Waals surface area contributed by atoms with Gasteiger partial charge in [0.25, 0.3) is 0 Å². The average Bonchev–Trinajstić information content (AvgIpc) is 3.23. The Morgan fingerprint density at radius 3 is 2.83 bits per heavy atom. The number of piperidine rings is 1. The summed E-state index contributed by atoms with van der Waals surface area (Å²) in [6.45, 7) is 3.74. The number of amides is 1. The van der Waals surface area contributed by atoms with E-state index in [1.165, 1.54) is 25.7 Å². The van der Waals surface area contributed by atoms with Gasteiger partial charge in [0.05, 0.1) is 5.41 Å². The van der Waals surface area contributed by atoms with Crippen LogP contribution in [0.15, 0.2) is 24.5 Å². The topological polar surface area (TPSA) is 36.4 Å². The van der Waals surface area contributed by atoms with Crippen molar-refractivity contribution in [1.82, 2.24) is 14.8 Å². The highest BCUT2D eigenvalue weighted by molar-refractivity contribution is 5.84. The molecule has 124 valence electrons. The SMILES string of the molecule is O=C1N(Cc2cccnc2)CCCC12CCN(C1CCCC1)C2. The Bertz CT molecular complexity index is 555. The molecule has 4 nitrogen and oxygen atoms in total. The third kappa shape index (κ3) is 2.89. The molecule has 0 N–H and O–H groups in total. The van der Waals surface area contributed by atoms with E-state index in [0.717, 1.165) is 57.0 Å². The minimum absolute atomic E-state index is 0.0942. The number of aromatic nitrogens is 1. The molecule has 1 spiro atoms. The van der Waals surface area contributed by atoms with E-state index in [2.05, 4.69) is 20.9 Å². The first-order valence-electron chi connectivity index (χ1n) is 9.19. The van der Waals surface area contributed by atoms with E-state index in [4.69, 9.17) is 0 Å². The molecule has 0 radical (unpaired) electrons. The Kier molecular flexibility index (Phi) is 4.10. The highest BCUT2D eigenvalue weighted by Gasteiger charge is 2.49. The lowest BCUT2D eigenvalue weighted by atomic mass is 9.78. The highest BCUT2D eigenvalue weighted by Crippen LogP contribution is 2.42. The van der Waals surface area contributed by atoms with Crippen LogP contribution in [0.25, 0.3) is 0 Å². The second-order valence-electron chi connectivity index (χ2n) is 7.63. The standard InChI is InChI=1S/C19H27N3O/c23-18-19(9-12-22(15-19)17-6-1-2-7-17)8-4-11-21(18)14-16-5-3-10-20-13-16/h3,5,10,13,17H,1-2,4,6-9,11-12,14-15H2. The van der Waals surface area contributed by atoms with Crippen LogP contribution in [0.2, 0.25) is 0 Å². The van der Waals surface area contributed by atoms with Crippen molar-refractivity contribution in [3.8, 4) is 0 Å². The lowest BCUT2D eigenvalue weighted by Crippen LogP contribution is -2.50. The Balaban J connectivity index is 1.46. The number of pyridine rings is 1. The van der Waals surface area contributed by atoms with E-state index in [-0.39, 0.29) is 5.41 Å². The molecule has 23 heavy (non-hydrogen) atoms. The van der Waals surface area contributed by atoms with E-state index in [1.807, 2.05) is 12.3 Å². The van der Waals surface area contributed by atoms with Crippen LogP contribution in [-0.2, 0) is 11.3 Å². The predicted molar refractivity (Wildman–Crippen MR) is 89.8 cm³/mol. The van der Waals surface area contributed by atoms with Gasteiger partial charge in [0.2, 0.25) is 5.91 Å². The van der Waals surface area contributed by atoms with Crippen molar-refractivity contribution in [3.05, 3.63) is 30.1 Å². The first-order chi connectivity index (χ1) is 11.3. The Morgan fingerprint density at radius 1 is 1.17 bits per heavy atom. The third-order valence-corrected chi connectivity index (χ3v) is 6.14. The maximum atomic E-state index is 13.2. The second kappa shape index (κ2) is 6.23. The Labute approximate surface area is 138 Å². The summed E-state index contributed by atoms with van der Waals surface area (Å²) in [5, 5.41) is 0. The van der Waals surface area contributed by atoms with Gasteiger partial charge in [-0.3, -0.25) is 14.7 Å². The summed E-state index contributed by atoms with van der Waals surface area (Å²) in [4.78, 5) is 22.1. The molecule has 3 fully saturated rings. The summed E-state index contributed by atoms with van der Waals surface area (Å²) in [5.41, 5.74) is 1.05. The normalized spacial score (nSPS) is 29.7. The van der Waals surface area contributed by atoms with Crippen molar-refractivity contribution in [2.75, 3.05) is 19.6 Å². The van der Waals surface area contributed by atoms with Gasteiger partial charge < -0.3 is 4.90 Å². The van der Waals surface area contributed by atoms with Crippen molar-refractivity contribution in [2.24, 2.45) is 5.41 Å². The van der Waals surface area contributed by atoms with Gasteiger partial charge in [-0.1, -0.05) is 18.9 Å². The minimum Gasteiger partial charge on any atom is -0.338 e. The lowest BCUT2D eigenvalue weighted by Gasteiger charge is -2.40. The highest BCUT2D eigenvalue weighted by atomic mass is 16.2. The van der Waals surface area contributed by atoms with Gasteiger partial charge in [-0.2, -0.15) is 0 Å². The van der Waals surface area contributed by atoms with E-state index in [1.54, 1.807) is 6.20 Å². The fourth-order valence-corrected chi connectivity index (χ4v) is 4.88. The van der Waals surface area contributed by atoms with Gasteiger partial charge >= 0.3 is 0 Å². The van der Waals surface area contributed by atoms with Crippen LogP contribution in [-0.4, -0.2) is 46.4 Å². The van der Waals surface area contributed by atoms with E-state index in [0.29, 0.717) is 5.91 Å². The van der Waals surface area contributed by atoms with E-state index < -0.39 is 0 Å². The average molecular weight is 313 g/mol. The van der Waals surface area contributed by atoms with Gasteiger partial charge in [-0.15, -0.1) is 0 Å². The van der Waals surface area contributed by atoms with Crippen molar-refractivity contribution in [3.63, 3.8) is 0 Å². The first-order valence-corrected chi connectivity index (χ1v) is 9.19. The molecule has 4 rings (SSSR count). The molecule has 0 bridgehead atoms. The summed E-state index contributed by atoms with van der Waals surface area (Å²) < 4.78 is 0. The zero-order chi connectivity index (χ0) is 15.7. The Morgan fingerprint density at radius 2 is 2.04 bits per heavy atom. The van der Waals surface area contributed by atoms with Gasteiger partial charge in [-0.05, 0) is 50.3 Å². The molecule has 3 heterocycles. The predicted octanol–water partition coefficient (Wildman–Crippen LogP) is 2.84. The molecule has 1 unspecified atom stereocenters. The van der Waals surface area contributed by atoms with Crippen LogP contribution >= 0.6 is 0 Å². The molecular weight excluding hydrogens is 286 g/mol. The maximum Gasteiger partial charge on any atom is 0.230 e. The summed E-state index contributed by atoms with van der Waals surface area (Å²) in [7, 11) is 0.